The first-order valence-electron chi connectivity index (χ1n) is 5.52. The summed E-state index contributed by atoms with van der Waals surface area (Å²) in [7, 11) is -2.89. The maximum Gasteiger partial charge on any atom is 0.152 e. The Hall–Kier alpha value is 0.190. The third-order valence-corrected chi connectivity index (χ3v) is 5.45. The summed E-state index contributed by atoms with van der Waals surface area (Å²) >= 11 is 9.32. The summed E-state index contributed by atoms with van der Waals surface area (Å²) in [6.07, 6.45) is 2.73. The van der Waals surface area contributed by atoms with Gasteiger partial charge in [0.2, 0.25) is 0 Å². The summed E-state index contributed by atoms with van der Waals surface area (Å²) in [6, 6.07) is 0. The number of rotatable bonds is 4. The first-order valence-corrected chi connectivity index (χ1v) is 8.19. The lowest BCUT2D eigenvalue weighted by atomic mass is 9.99. The topological polar surface area (TPSA) is 37.4 Å². The molecule has 6 heteroatoms. The summed E-state index contributed by atoms with van der Waals surface area (Å²) in [5, 5.41) is 0. The van der Waals surface area contributed by atoms with E-state index >= 15 is 0 Å². The molecule has 1 atom stereocenters. The second kappa shape index (κ2) is 5.23. The lowest BCUT2D eigenvalue weighted by Gasteiger charge is -2.38. The van der Waals surface area contributed by atoms with E-state index in [1.807, 2.05) is 11.8 Å². The van der Waals surface area contributed by atoms with Crippen molar-refractivity contribution in [2.75, 3.05) is 18.1 Å². The molecule has 1 heterocycles. The maximum absolute atomic E-state index is 11.6. The molecule has 0 radical (unpaired) electrons. The van der Waals surface area contributed by atoms with Crippen LogP contribution in [0.1, 0.15) is 33.1 Å². The van der Waals surface area contributed by atoms with Crippen molar-refractivity contribution in [3.63, 3.8) is 0 Å². The smallest absolute Gasteiger partial charge is 0.152 e. The van der Waals surface area contributed by atoms with Crippen LogP contribution in [0.2, 0.25) is 0 Å². The Morgan fingerprint density at radius 2 is 2.19 bits per heavy atom. The standard InChI is InChI=1S/C10H19NO2S3/c1-3-4-6-11(9(14)15)10(2)5-7-16(12,13)8-10/h3-8H2,1-2H3,(H,14,15). The van der Waals surface area contributed by atoms with E-state index in [1.54, 1.807) is 0 Å². The molecular weight excluding hydrogens is 262 g/mol. The zero-order valence-corrected chi connectivity index (χ0v) is 12.3. The van der Waals surface area contributed by atoms with Gasteiger partial charge in [0.05, 0.1) is 17.0 Å². The Morgan fingerprint density at radius 3 is 2.56 bits per heavy atom. The molecule has 1 fully saturated rings. The van der Waals surface area contributed by atoms with Gasteiger partial charge in [0.25, 0.3) is 0 Å². The van der Waals surface area contributed by atoms with Crippen LogP contribution in [0.15, 0.2) is 0 Å². The van der Waals surface area contributed by atoms with Crippen LogP contribution in [-0.4, -0.2) is 41.2 Å². The van der Waals surface area contributed by atoms with Gasteiger partial charge in [-0.25, -0.2) is 8.42 Å². The average molecular weight is 281 g/mol. The van der Waals surface area contributed by atoms with Crippen LogP contribution in [0.4, 0.5) is 0 Å². The predicted octanol–water partition coefficient (Wildman–Crippen LogP) is 1.88. The monoisotopic (exact) mass is 281 g/mol. The third kappa shape index (κ3) is 3.34. The van der Waals surface area contributed by atoms with E-state index in [2.05, 4.69) is 19.6 Å². The SMILES string of the molecule is CCCCN(C(=S)S)C1(C)CCS(=O)(=O)C1. The number of unbranched alkanes of at least 4 members (excludes halogenated alkanes) is 1. The molecule has 16 heavy (non-hydrogen) atoms. The molecule has 1 unspecified atom stereocenters. The number of nitrogens with zero attached hydrogens (tertiary/aromatic N) is 1. The quantitative estimate of drug-likeness (QED) is 0.631. The summed E-state index contributed by atoms with van der Waals surface area (Å²) in [6.45, 7) is 4.87. The van der Waals surface area contributed by atoms with E-state index < -0.39 is 9.84 Å². The van der Waals surface area contributed by atoms with Crippen molar-refractivity contribution in [3.8, 4) is 0 Å². The molecule has 0 spiro atoms. The lowest BCUT2D eigenvalue weighted by Crippen LogP contribution is -2.49. The maximum atomic E-state index is 11.6. The number of thiol groups is 1. The van der Waals surface area contributed by atoms with Crippen LogP contribution < -0.4 is 0 Å². The Balaban J connectivity index is 2.82. The van der Waals surface area contributed by atoms with Crippen molar-refractivity contribution in [1.82, 2.24) is 4.90 Å². The van der Waals surface area contributed by atoms with E-state index in [-0.39, 0.29) is 17.0 Å². The molecule has 1 saturated heterocycles. The van der Waals surface area contributed by atoms with Crippen LogP contribution >= 0.6 is 24.8 Å². The van der Waals surface area contributed by atoms with Gasteiger partial charge in [0.1, 0.15) is 4.32 Å². The first kappa shape index (κ1) is 14.3. The number of sulfone groups is 1. The van der Waals surface area contributed by atoms with E-state index in [0.717, 1.165) is 19.4 Å². The van der Waals surface area contributed by atoms with Gasteiger partial charge in [-0.2, -0.15) is 0 Å². The minimum atomic E-state index is -2.89. The van der Waals surface area contributed by atoms with Gasteiger partial charge in [0, 0.05) is 6.54 Å². The molecule has 0 saturated carbocycles. The number of thiocarbonyl (C=S) groups is 1. The summed E-state index contributed by atoms with van der Waals surface area (Å²) < 4.78 is 23.6. The van der Waals surface area contributed by atoms with Crippen LogP contribution in [0.5, 0.6) is 0 Å². The molecule has 0 N–H and O–H groups in total. The van der Waals surface area contributed by atoms with Crippen molar-refractivity contribution in [1.29, 1.82) is 0 Å². The molecule has 0 aromatic carbocycles. The number of hydrogen-bond acceptors (Lipinski definition) is 3. The molecule has 1 aliphatic rings. The molecule has 3 nitrogen and oxygen atoms in total. The van der Waals surface area contributed by atoms with E-state index in [1.165, 1.54) is 0 Å². The normalized spacial score (nSPS) is 27.9. The van der Waals surface area contributed by atoms with Crippen LogP contribution in [0.25, 0.3) is 0 Å². The van der Waals surface area contributed by atoms with Crippen molar-refractivity contribution < 1.29 is 8.42 Å². The van der Waals surface area contributed by atoms with Gasteiger partial charge in [-0.3, -0.25) is 0 Å². The highest BCUT2D eigenvalue weighted by Gasteiger charge is 2.43. The Labute approximate surface area is 109 Å². The molecule has 1 rings (SSSR count). The molecular formula is C10H19NO2S3. The average Bonchev–Trinajstić information content (AvgIpc) is 2.41. The highest BCUT2D eigenvalue weighted by atomic mass is 32.2. The van der Waals surface area contributed by atoms with Crippen LogP contribution in [-0.2, 0) is 9.84 Å². The van der Waals surface area contributed by atoms with Gasteiger partial charge >= 0.3 is 0 Å². The molecule has 0 bridgehead atoms. The Kier molecular flexibility index (Phi) is 4.66. The fourth-order valence-corrected chi connectivity index (χ4v) is 4.91. The van der Waals surface area contributed by atoms with Crippen LogP contribution in [0, 0.1) is 0 Å². The first-order chi connectivity index (χ1) is 7.31. The molecule has 0 amide bonds. The zero-order chi connectivity index (χ0) is 12.4. The molecule has 1 aliphatic heterocycles. The van der Waals surface area contributed by atoms with Crippen LogP contribution in [0.3, 0.4) is 0 Å². The third-order valence-electron chi connectivity index (χ3n) is 3.10. The molecule has 94 valence electrons. The van der Waals surface area contributed by atoms with E-state index in [0.29, 0.717) is 10.7 Å². The minimum absolute atomic E-state index is 0.199. The highest BCUT2D eigenvalue weighted by Crippen LogP contribution is 2.30. The summed E-state index contributed by atoms with van der Waals surface area (Å²) in [4.78, 5) is 1.97. The largest absolute Gasteiger partial charge is 0.351 e. The van der Waals surface area contributed by atoms with E-state index in [9.17, 15) is 8.42 Å². The summed E-state index contributed by atoms with van der Waals surface area (Å²) in [5.41, 5.74) is -0.354. The van der Waals surface area contributed by atoms with Gasteiger partial charge < -0.3 is 4.90 Å². The van der Waals surface area contributed by atoms with Gasteiger partial charge in [0.15, 0.2) is 9.84 Å². The van der Waals surface area contributed by atoms with Crippen molar-refractivity contribution in [2.24, 2.45) is 0 Å². The molecule has 0 aromatic rings. The Bertz CT molecular complexity index is 366. The van der Waals surface area contributed by atoms with Crippen molar-refractivity contribution in [3.05, 3.63) is 0 Å². The second-order valence-electron chi connectivity index (χ2n) is 4.63. The van der Waals surface area contributed by atoms with E-state index in [4.69, 9.17) is 12.2 Å². The van der Waals surface area contributed by atoms with Gasteiger partial charge in [-0.05, 0) is 19.8 Å². The molecule has 0 aliphatic carbocycles. The van der Waals surface area contributed by atoms with Gasteiger partial charge in [-0.1, -0.05) is 25.6 Å². The Morgan fingerprint density at radius 1 is 1.56 bits per heavy atom. The fraction of sp³-hybridized carbons (Fsp3) is 0.900. The second-order valence-corrected chi connectivity index (χ2v) is 7.92. The fourth-order valence-electron chi connectivity index (χ4n) is 2.12. The molecule has 0 aromatic heterocycles. The highest BCUT2D eigenvalue weighted by molar-refractivity contribution is 8.10. The minimum Gasteiger partial charge on any atom is -0.351 e. The lowest BCUT2D eigenvalue weighted by molar-refractivity contribution is 0.226. The van der Waals surface area contributed by atoms with Gasteiger partial charge in [-0.15, -0.1) is 12.6 Å². The van der Waals surface area contributed by atoms with Crippen molar-refractivity contribution in [2.45, 2.75) is 38.6 Å². The summed E-state index contributed by atoms with van der Waals surface area (Å²) in [5.74, 6) is 0.465. The zero-order valence-electron chi connectivity index (χ0n) is 9.77. The predicted molar refractivity (Wildman–Crippen MR) is 74.9 cm³/mol. The number of hydrogen-bond donors (Lipinski definition) is 1. The van der Waals surface area contributed by atoms with Crippen molar-refractivity contribution >= 4 is 39.0 Å².